The Hall–Kier alpha value is -0.810. The predicted molar refractivity (Wildman–Crippen MR) is 84.5 cm³/mol. The van der Waals surface area contributed by atoms with E-state index in [0.29, 0.717) is 0 Å². The van der Waals surface area contributed by atoms with Gasteiger partial charge >= 0.3 is 0 Å². The maximum Gasteiger partial charge on any atom is 0.140 e. The van der Waals surface area contributed by atoms with Crippen LogP contribution in [0.5, 0.6) is 0 Å². The standard InChI is InChI=1S/C14H23BrN4/c1-10-11(16)8-17-13(12(10)15)18-9-14(19(2)3)6-4-5-7-14/h8H,4-7,9,16H2,1-3H3,(H,17,18). The molecule has 0 unspecified atom stereocenters. The van der Waals surface area contributed by atoms with Crippen molar-refractivity contribution in [1.29, 1.82) is 0 Å². The summed E-state index contributed by atoms with van der Waals surface area (Å²) in [6.45, 7) is 2.93. The molecular weight excluding hydrogens is 304 g/mol. The Kier molecular flexibility index (Phi) is 4.36. The Bertz CT molecular complexity index is 453. The molecular formula is C14H23BrN4. The summed E-state index contributed by atoms with van der Waals surface area (Å²) >= 11 is 3.58. The van der Waals surface area contributed by atoms with E-state index in [1.807, 2.05) is 6.92 Å². The van der Waals surface area contributed by atoms with Gasteiger partial charge in [-0.2, -0.15) is 0 Å². The van der Waals surface area contributed by atoms with Gasteiger partial charge < -0.3 is 16.0 Å². The number of nitrogens with two attached hydrogens (primary N) is 1. The maximum absolute atomic E-state index is 5.85. The fourth-order valence-electron chi connectivity index (χ4n) is 2.78. The first-order chi connectivity index (χ1) is 8.96. The first kappa shape index (κ1) is 14.6. The molecule has 0 amide bonds. The molecule has 1 aliphatic carbocycles. The highest BCUT2D eigenvalue weighted by atomic mass is 79.9. The number of hydrogen-bond acceptors (Lipinski definition) is 4. The number of anilines is 2. The Balaban J connectivity index is 2.12. The predicted octanol–water partition coefficient (Wildman–Crippen LogP) is 3.02. The van der Waals surface area contributed by atoms with Crippen LogP contribution >= 0.6 is 15.9 Å². The van der Waals surface area contributed by atoms with Gasteiger partial charge in [-0.15, -0.1) is 0 Å². The van der Waals surface area contributed by atoms with Gasteiger partial charge in [0.15, 0.2) is 0 Å². The van der Waals surface area contributed by atoms with Crippen molar-refractivity contribution in [2.75, 3.05) is 31.7 Å². The fourth-order valence-corrected chi connectivity index (χ4v) is 3.25. The summed E-state index contributed by atoms with van der Waals surface area (Å²) < 4.78 is 0.972. The molecule has 0 spiro atoms. The van der Waals surface area contributed by atoms with Crippen molar-refractivity contribution in [2.24, 2.45) is 0 Å². The molecule has 19 heavy (non-hydrogen) atoms. The van der Waals surface area contributed by atoms with Gasteiger partial charge in [-0.1, -0.05) is 12.8 Å². The molecule has 1 aliphatic rings. The quantitative estimate of drug-likeness (QED) is 0.893. The molecule has 1 aromatic heterocycles. The summed E-state index contributed by atoms with van der Waals surface area (Å²) in [5.74, 6) is 0.889. The third-order valence-corrected chi connectivity index (χ3v) is 5.34. The van der Waals surface area contributed by atoms with Crippen molar-refractivity contribution in [3.05, 3.63) is 16.2 Å². The van der Waals surface area contributed by atoms with Gasteiger partial charge in [-0.3, -0.25) is 0 Å². The lowest BCUT2D eigenvalue weighted by Crippen LogP contribution is -2.47. The van der Waals surface area contributed by atoms with E-state index in [1.54, 1.807) is 6.20 Å². The number of halogens is 1. The van der Waals surface area contributed by atoms with Gasteiger partial charge in [0.05, 0.1) is 16.4 Å². The third kappa shape index (κ3) is 2.87. The maximum atomic E-state index is 5.85. The summed E-state index contributed by atoms with van der Waals surface area (Å²) in [5, 5.41) is 3.49. The van der Waals surface area contributed by atoms with E-state index < -0.39 is 0 Å². The molecule has 4 nitrogen and oxygen atoms in total. The van der Waals surface area contributed by atoms with Crippen LogP contribution in [0.2, 0.25) is 0 Å². The number of aromatic nitrogens is 1. The van der Waals surface area contributed by atoms with E-state index >= 15 is 0 Å². The molecule has 106 valence electrons. The van der Waals surface area contributed by atoms with Crippen molar-refractivity contribution in [3.8, 4) is 0 Å². The highest BCUT2D eigenvalue weighted by Crippen LogP contribution is 2.35. The van der Waals surface area contributed by atoms with Crippen LogP contribution in [-0.4, -0.2) is 36.1 Å². The molecule has 0 bridgehead atoms. The number of rotatable bonds is 4. The molecule has 0 saturated heterocycles. The Morgan fingerprint density at radius 3 is 2.63 bits per heavy atom. The van der Waals surface area contributed by atoms with E-state index in [2.05, 4.69) is 45.2 Å². The highest BCUT2D eigenvalue weighted by Gasteiger charge is 2.35. The van der Waals surface area contributed by atoms with E-state index in [9.17, 15) is 0 Å². The van der Waals surface area contributed by atoms with Crippen LogP contribution in [0, 0.1) is 6.92 Å². The Morgan fingerprint density at radius 1 is 1.42 bits per heavy atom. The van der Waals surface area contributed by atoms with Crippen molar-refractivity contribution in [1.82, 2.24) is 9.88 Å². The van der Waals surface area contributed by atoms with Crippen LogP contribution in [-0.2, 0) is 0 Å². The van der Waals surface area contributed by atoms with Gasteiger partial charge in [-0.05, 0) is 55.4 Å². The lowest BCUT2D eigenvalue weighted by molar-refractivity contribution is 0.172. The zero-order valence-electron chi connectivity index (χ0n) is 12.0. The SMILES string of the molecule is Cc1c(N)cnc(NCC2(N(C)C)CCCC2)c1Br. The molecule has 3 N–H and O–H groups in total. The summed E-state index contributed by atoms with van der Waals surface area (Å²) in [6.07, 6.45) is 6.85. The van der Waals surface area contributed by atoms with Crippen molar-refractivity contribution in [3.63, 3.8) is 0 Å². The number of likely N-dealkylation sites (N-methyl/N-ethyl adjacent to an activating group) is 1. The first-order valence-electron chi connectivity index (χ1n) is 6.78. The zero-order valence-corrected chi connectivity index (χ0v) is 13.5. The van der Waals surface area contributed by atoms with Gasteiger partial charge in [0.25, 0.3) is 0 Å². The molecule has 2 rings (SSSR count). The lowest BCUT2D eigenvalue weighted by Gasteiger charge is -2.36. The monoisotopic (exact) mass is 326 g/mol. The minimum atomic E-state index is 0.260. The average molecular weight is 327 g/mol. The van der Waals surface area contributed by atoms with Crippen molar-refractivity contribution >= 4 is 27.4 Å². The van der Waals surface area contributed by atoms with E-state index in [-0.39, 0.29) is 5.54 Å². The molecule has 1 aromatic rings. The molecule has 0 aromatic carbocycles. The Morgan fingerprint density at radius 2 is 2.05 bits per heavy atom. The van der Waals surface area contributed by atoms with Gasteiger partial charge in [0.2, 0.25) is 0 Å². The van der Waals surface area contributed by atoms with Gasteiger partial charge in [0.1, 0.15) is 5.82 Å². The van der Waals surface area contributed by atoms with E-state index in [4.69, 9.17) is 5.73 Å². The smallest absolute Gasteiger partial charge is 0.140 e. The van der Waals surface area contributed by atoms with Crippen LogP contribution in [0.15, 0.2) is 10.7 Å². The van der Waals surface area contributed by atoms with Crippen LogP contribution < -0.4 is 11.1 Å². The number of pyridine rings is 1. The van der Waals surface area contributed by atoms with Gasteiger partial charge in [-0.25, -0.2) is 4.98 Å². The van der Waals surface area contributed by atoms with Crippen molar-refractivity contribution in [2.45, 2.75) is 38.1 Å². The second-order valence-electron chi connectivity index (χ2n) is 5.68. The lowest BCUT2D eigenvalue weighted by atomic mass is 9.96. The second kappa shape index (κ2) is 5.67. The largest absolute Gasteiger partial charge is 0.397 e. The molecule has 5 heteroatoms. The minimum absolute atomic E-state index is 0.260. The first-order valence-corrected chi connectivity index (χ1v) is 7.57. The fraction of sp³-hybridized carbons (Fsp3) is 0.643. The topological polar surface area (TPSA) is 54.2 Å². The summed E-state index contributed by atoms with van der Waals surface area (Å²) in [7, 11) is 4.34. The van der Waals surface area contributed by atoms with Crippen LogP contribution in [0.4, 0.5) is 11.5 Å². The Labute approximate surface area is 123 Å². The second-order valence-corrected chi connectivity index (χ2v) is 6.47. The third-order valence-electron chi connectivity index (χ3n) is 4.37. The number of nitrogens with one attached hydrogen (secondary N) is 1. The molecule has 1 saturated carbocycles. The van der Waals surface area contributed by atoms with Gasteiger partial charge in [0, 0.05) is 12.1 Å². The van der Waals surface area contributed by atoms with Crippen LogP contribution in [0.1, 0.15) is 31.2 Å². The molecule has 1 fully saturated rings. The summed E-state index contributed by atoms with van der Waals surface area (Å²) in [4.78, 5) is 6.74. The number of hydrogen-bond donors (Lipinski definition) is 2. The van der Waals surface area contributed by atoms with Crippen molar-refractivity contribution < 1.29 is 0 Å². The average Bonchev–Trinajstić information content (AvgIpc) is 2.85. The summed E-state index contributed by atoms with van der Waals surface area (Å²) in [6, 6.07) is 0. The minimum Gasteiger partial charge on any atom is -0.397 e. The molecule has 0 radical (unpaired) electrons. The highest BCUT2D eigenvalue weighted by molar-refractivity contribution is 9.10. The number of nitrogen functional groups attached to an aromatic ring is 1. The number of nitrogens with zero attached hydrogens (tertiary/aromatic N) is 2. The zero-order chi connectivity index (χ0) is 14.0. The van der Waals surface area contributed by atoms with Crippen LogP contribution in [0.25, 0.3) is 0 Å². The van der Waals surface area contributed by atoms with E-state index in [0.717, 1.165) is 28.1 Å². The van der Waals surface area contributed by atoms with E-state index in [1.165, 1.54) is 25.7 Å². The molecule has 1 heterocycles. The summed E-state index contributed by atoms with van der Waals surface area (Å²) in [5.41, 5.74) is 7.88. The molecule has 0 aliphatic heterocycles. The molecule has 0 atom stereocenters. The normalized spacial score (nSPS) is 17.9. The van der Waals surface area contributed by atoms with Crippen LogP contribution in [0.3, 0.4) is 0 Å².